The Kier molecular flexibility index (Phi) is 4.67. The summed E-state index contributed by atoms with van der Waals surface area (Å²) in [6.07, 6.45) is 10.4. The van der Waals surface area contributed by atoms with Gasteiger partial charge in [-0.15, -0.1) is 24.5 Å². The van der Waals surface area contributed by atoms with Crippen LogP contribution in [0.2, 0.25) is 0 Å². The van der Waals surface area contributed by atoms with E-state index >= 15 is 0 Å². The van der Waals surface area contributed by atoms with Crippen molar-refractivity contribution in [2.24, 2.45) is 0 Å². The molecule has 4 rings (SSSR count). The molecular formula is C25H24NS+. The molecule has 0 aliphatic carbocycles. The quantitative estimate of drug-likeness (QED) is 0.334. The number of nitrogens with zero attached hydrogens (tertiary/aromatic N) is 1. The van der Waals surface area contributed by atoms with E-state index < -0.39 is 0 Å². The van der Waals surface area contributed by atoms with E-state index in [4.69, 9.17) is 0 Å². The molecule has 0 spiro atoms. The first-order valence-corrected chi connectivity index (χ1v) is 10.2. The van der Waals surface area contributed by atoms with Crippen LogP contribution in [0.5, 0.6) is 0 Å². The van der Waals surface area contributed by atoms with Crippen LogP contribution in [0.25, 0.3) is 16.8 Å². The van der Waals surface area contributed by atoms with Crippen LogP contribution >= 0.6 is 11.3 Å². The lowest BCUT2D eigenvalue weighted by Gasteiger charge is -2.26. The predicted molar refractivity (Wildman–Crippen MR) is 119 cm³/mol. The summed E-state index contributed by atoms with van der Waals surface area (Å²) < 4.78 is 2.35. The van der Waals surface area contributed by atoms with Crippen LogP contribution in [0.4, 0.5) is 5.69 Å². The van der Waals surface area contributed by atoms with Crippen molar-refractivity contribution in [2.75, 3.05) is 7.05 Å². The van der Waals surface area contributed by atoms with Gasteiger partial charge >= 0.3 is 0 Å². The smallest absolute Gasteiger partial charge is 0.198 e. The Morgan fingerprint density at radius 2 is 1.74 bits per heavy atom. The summed E-state index contributed by atoms with van der Waals surface area (Å²) in [4.78, 5) is 1.27. The lowest BCUT2D eigenvalue weighted by molar-refractivity contribution is -0.401. The Hall–Kier alpha value is -2.71. The lowest BCUT2D eigenvalue weighted by atomic mass is 9.70. The molecule has 1 aromatic heterocycles. The Morgan fingerprint density at radius 3 is 2.44 bits per heavy atom. The normalized spacial score (nSPS) is 15.4. The van der Waals surface area contributed by atoms with Gasteiger partial charge in [-0.1, -0.05) is 42.5 Å². The first kappa shape index (κ1) is 17.7. The highest BCUT2D eigenvalue weighted by Crippen LogP contribution is 2.48. The zero-order chi connectivity index (χ0) is 18.9. The van der Waals surface area contributed by atoms with Crippen LogP contribution in [0.1, 0.15) is 23.3 Å². The molecule has 1 aliphatic rings. The van der Waals surface area contributed by atoms with Gasteiger partial charge in [0, 0.05) is 22.6 Å². The molecule has 0 fully saturated rings. The van der Waals surface area contributed by atoms with Crippen LogP contribution in [-0.2, 0) is 5.41 Å². The summed E-state index contributed by atoms with van der Waals surface area (Å²) in [5.41, 5.74) is 3.85. The molecule has 27 heavy (non-hydrogen) atoms. The van der Waals surface area contributed by atoms with E-state index in [9.17, 15) is 0 Å². The van der Waals surface area contributed by atoms with Crippen molar-refractivity contribution in [3.63, 3.8) is 0 Å². The maximum atomic E-state index is 4.09. The molecule has 0 saturated heterocycles. The monoisotopic (exact) mass is 370 g/mol. The van der Waals surface area contributed by atoms with Crippen molar-refractivity contribution in [3.8, 4) is 0 Å². The lowest BCUT2D eigenvalue weighted by Crippen LogP contribution is -2.33. The third kappa shape index (κ3) is 2.81. The SMILES string of the molecule is C=CCC1(CC=C)C(/C=C/c2cccs2)=[N+](C)c2ccc3ccccc3c21. The van der Waals surface area contributed by atoms with Gasteiger partial charge in [0.05, 0.1) is 5.41 Å². The molecule has 0 bridgehead atoms. The highest BCUT2D eigenvalue weighted by molar-refractivity contribution is 7.10. The maximum absolute atomic E-state index is 4.09. The largest absolute Gasteiger partial charge is 0.210 e. The third-order valence-electron chi connectivity index (χ3n) is 5.53. The third-order valence-corrected chi connectivity index (χ3v) is 6.37. The number of thiophene rings is 1. The van der Waals surface area contributed by atoms with Gasteiger partial charge in [-0.25, -0.2) is 0 Å². The van der Waals surface area contributed by atoms with Crippen molar-refractivity contribution in [1.29, 1.82) is 0 Å². The molecule has 2 aromatic carbocycles. The molecule has 1 nitrogen and oxygen atoms in total. The van der Waals surface area contributed by atoms with Crippen LogP contribution < -0.4 is 0 Å². The Morgan fingerprint density at radius 1 is 0.963 bits per heavy atom. The summed E-state index contributed by atoms with van der Waals surface area (Å²) in [7, 11) is 2.18. The minimum absolute atomic E-state index is 0.137. The molecule has 0 unspecified atom stereocenters. The van der Waals surface area contributed by atoms with Gasteiger partial charge in [0.15, 0.2) is 5.71 Å². The fourth-order valence-electron chi connectivity index (χ4n) is 4.43. The first-order valence-electron chi connectivity index (χ1n) is 9.28. The fourth-order valence-corrected chi connectivity index (χ4v) is 5.05. The second-order valence-corrected chi connectivity index (χ2v) is 8.02. The molecule has 2 heterocycles. The zero-order valence-corrected chi connectivity index (χ0v) is 16.5. The van der Waals surface area contributed by atoms with E-state index in [2.05, 4.69) is 90.8 Å². The van der Waals surface area contributed by atoms with Gasteiger partial charge in [0.2, 0.25) is 5.69 Å². The molecule has 0 radical (unpaired) electrons. The summed E-state index contributed by atoms with van der Waals surface area (Å²) in [6, 6.07) is 17.4. The molecule has 1 aliphatic heterocycles. The number of fused-ring (bicyclic) bond motifs is 3. The molecule has 0 saturated carbocycles. The number of hydrogen-bond acceptors (Lipinski definition) is 1. The van der Waals surface area contributed by atoms with Crippen molar-refractivity contribution < 1.29 is 4.58 Å². The standard InChI is InChI=1S/C25H24NS/c1-4-16-25(17-5-2)23(15-13-20-10-8-18-27-20)26(3)22-14-12-19-9-6-7-11-21(19)24(22)25/h4-15,18H,1-2,16-17H2,3H3/q+1/b15-13+. The molecule has 0 atom stereocenters. The van der Waals surface area contributed by atoms with Crippen LogP contribution in [0, 0.1) is 0 Å². The van der Waals surface area contributed by atoms with Crippen molar-refractivity contribution in [3.05, 3.63) is 95.7 Å². The molecule has 2 heteroatoms. The summed E-state index contributed by atoms with van der Waals surface area (Å²) in [6.45, 7) is 8.17. The maximum Gasteiger partial charge on any atom is 0.210 e. The van der Waals surface area contributed by atoms with Gasteiger partial charge < -0.3 is 0 Å². The predicted octanol–water partition coefficient (Wildman–Crippen LogP) is 6.73. The summed E-state index contributed by atoms with van der Waals surface area (Å²) in [5, 5.41) is 4.72. The molecular weight excluding hydrogens is 346 g/mol. The van der Waals surface area contributed by atoms with Gasteiger partial charge in [0.1, 0.15) is 7.05 Å². The van der Waals surface area contributed by atoms with Gasteiger partial charge in [0.25, 0.3) is 0 Å². The minimum Gasteiger partial charge on any atom is -0.198 e. The molecule has 3 aromatic rings. The number of allylic oxidation sites excluding steroid dienone is 3. The van der Waals surface area contributed by atoms with E-state index in [0.29, 0.717) is 0 Å². The van der Waals surface area contributed by atoms with E-state index in [1.165, 1.54) is 32.6 Å². The van der Waals surface area contributed by atoms with Crippen molar-refractivity contribution >= 4 is 39.6 Å². The van der Waals surface area contributed by atoms with Crippen molar-refractivity contribution in [1.82, 2.24) is 0 Å². The Labute approximate surface area is 165 Å². The highest BCUT2D eigenvalue weighted by Gasteiger charge is 2.49. The summed E-state index contributed by atoms with van der Waals surface area (Å²) >= 11 is 1.76. The van der Waals surface area contributed by atoms with E-state index in [1.54, 1.807) is 11.3 Å². The molecule has 0 amide bonds. The summed E-state index contributed by atoms with van der Waals surface area (Å²) in [5.74, 6) is 0. The first-order chi connectivity index (χ1) is 13.2. The Balaban J connectivity index is 1.99. The van der Waals surface area contributed by atoms with E-state index in [1.807, 2.05) is 12.2 Å². The molecule has 0 N–H and O–H groups in total. The second-order valence-electron chi connectivity index (χ2n) is 7.04. The van der Waals surface area contributed by atoms with Crippen LogP contribution in [0.3, 0.4) is 0 Å². The average Bonchev–Trinajstić information content (AvgIpc) is 3.27. The van der Waals surface area contributed by atoms with E-state index in [-0.39, 0.29) is 5.41 Å². The fraction of sp³-hybridized carbons (Fsp3) is 0.160. The zero-order valence-electron chi connectivity index (χ0n) is 15.7. The number of benzene rings is 2. The van der Waals surface area contributed by atoms with Crippen LogP contribution in [0.15, 0.2) is 85.3 Å². The topological polar surface area (TPSA) is 3.01 Å². The highest BCUT2D eigenvalue weighted by atomic mass is 32.1. The Bertz CT molecular complexity index is 1060. The van der Waals surface area contributed by atoms with Crippen LogP contribution in [-0.4, -0.2) is 17.3 Å². The number of hydrogen-bond donors (Lipinski definition) is 0. The van der Waals surface area contributed by atoms with Gasteiger partial charge in [-0.05, 0) is 47.2 Å². The van der Waals surface area contributed by atoms with E-state index in [0.717, 1.165) is 12.8 Å². The average molecular weight is 371 g/mol. The van der Waals surface area contributed by atoms with Gasteiger partial charge in [-0.2, -0.15) is 4.58 Å². The van der Waals surface area contributed by atoms with Gasteiger partial charge in [-0.3, -0.25) is 0 Å². The van der Waals surface area contributed by atoms with Crippen molar-refractivity contribution in [2.45, 2.75) is 18.3 Å². The minimum atomic E-state index is -0.137. The second kappa shape index (κ2) is 7.13. The number of rotatable bonds is 6. The molecule has 134 valence electrons.